The van der Waals surface area contributed by atoms with Crippen molar-refractivity contribution in [2.75, 3.05) is 0 Å². The van der Waals surface area contributed by atoms with Crippen molar-refractivity contribution in [1.29, 1.82) is 0 Å². The maximum Gasteiger partial charge on any atom is -0.00132 e. The van der Waals surface area contributed by atoms with E-state index in [-0.39, 0.29) is 0 Å². The van der Waals surface area contributed by atoms with Gasteiger partial charge in [0.05, 0.1) is 0 Å². The van der Waals surface area contributed by atoms with Gasteiger partial charge in [-0.1, -0.05) is 170 Å². The summed E-state index contributed by atoms with van der Waals surface area (Å²) in [4.78, 5) is 0. The fraction of sp³-hybridized carbons (Fsp3) is 0.121. The maximum atomic E-state index is 2.53. The lowest BCUT2D eigenvalue weighted by atomic mass is 9.88. The third kappa shape index (κ3) is 5.33. The van der Waals surface area contributed by atoms with E-state index in [1.165, 1.54) is 167 Å². The van der Waals surface area contributed by atoms with Crippen LogP contribution in [0, 0.1) is 27.7 Å². The number of rotatable bonds is 4. The Morgan fingerprint density at radius 1 is 0.212 bits per heavy atom. The molecule has 0 aromatic heterocycles. The Kier molecular flexibility index (Phi) is 8.01. The van der Waals surface area contributed by atoms with Crippen molar-refractivity contribution in [2.24, 2.45) is 0 Å². The first-order chi connectivity index (χ1) is 32.4. The topological polar surface area (TPSA) is 0 Å². The minimum Gasteiger partial charge on any atom is -0.0619 e. The fourth-order valence-electron chi connectivity index (χ4n) is 13.2. The van der Waals surface area contributed by atoms with Gasteiger partial charge in [-0.2, -0.15) is 0 Å². The van der Waals surface area contributed by atoms with Crippen LogP contribution in [0.5, 0.6) is 0 Å². The fourth-order valence-corrected chi connectivity index (χ4v) is 13.2. The van der Waals surface area contributed by atoms with Crippen molar-refractivity contribution < 1.29 is 0 Å². The lowest BCUT2D eigenvalue weighted by Gasteiger charge is -2.16. The largest absolute Gasteiger partial charge is 0.0619 e. The zero-order valence-electron chi connectivity index (χ0n) is 38.0. The van der Waals surface area contributed by atoms with Crippen LogP contribution in [0.3, 0.4) is 0 Å². The van der Waals surface area contributed by atoms with Gasteiger partial charge >= 0.3 is 0 Å². The lowest BCUT2D eigenvalue weighted by Crippen LogP contribution is -1.93. The van der Waals surface area contributed by atoms with Gasteiger partial charge in [-0.25, -0.2) is 0 Å². The zero-order valence-corrected chi connectivity index (χ0v) is 38.0. The molecule has 8 aromatic rings. The van der Waals surface area contributed by atoms with Crippen molar-refractivity contribution in [3.63, 3.8) is 0 Å². The third-order valence-corrected chi connectivity index (χ3v) is 16.1. The molecule has 6 aliphatic carbocycles. The summed E-state index contributed by atoms with van der Waals surface area (Å²) in [6.45, 7) is 9.70. The SMILES string of the molecule is Cc1c(-c2ccc3c(c2)Cc2ccccc2-3)c(C)c2c(-c3ccc4c(c3)Cc3ccccc3-4)c(C)c(-c3ccc4c(c3)Cc3ccccc3-4)c-2c(C)c1-c1ccc2c(c1)Cc1ccccc1-2. The van der Waals surface area contributed by atoms with E-state index in [1.807, 2.05) is 0 Å². The molecular weight excluding hydrogens is 793 g/mol. The van der Waals surface area contributed by atoms with Crippen LogP contribution in [0.4, 0.5) is 0 Å². The van der Waals surface area contributed by atoms with Crippen molar-refractivity contribution in [3.8, 4) is 100 Å². The molecule has 6 aliphatic rings. The van der Waals surface area contributed by atoms with E-state index in [4.69, 9.17) is 0 Å². The van der Waals surface area contributed by atoms with Crippen molar-refractivity contribution in [2.45, 2.75) is 53.4 Å². The molecule has 312 valence electrons. The second kappa shape index (κ2) is 14.0. The van der Waals surface area contributed by atoms with E-state index in [2.05, 4.69) is 198 Å². The molecule has 0 saturated carbocycles. The molecule has 0 radical (unpaired) electrons. The molecule has 0 aliphatic heterocycles. The average molecular weight is 841 g/mol. The summed E-state index contributed by atoms with van der Waals surface area (Å²) in [5.74, 6) is 0. The molecule has 0 amide bonds. The first-order valence-corrected chi connectivity index (χ1v) is 23.8. The van der Waals surface area contributed by atoms with Gasteiger partial charge < -0.3 is 0 Å². The quantitative estimate of drug-likeness (QED) is 0.166. The number of hydrogen-bond acceptors (Lipinski definition) is 0. The minimum atomic E-state index is 0.966. The number of hydrogen-bond donors (Lipinski definition) is 0. The zero-order chi connectivity index (χ0) is 43.9. The van der Waals surface area contributed by atoms with Crippen LogP contribution in [-0.4, -0.2) is 0 Å². The number of fused-ring (bicyclic) bond motifs is 13. The first-order valence-electron chi connectivity index (χ1n) is 23.8. The van der Waals surface area contributed by atoms with E-state index >= 15 is 0 Å². The van der Waals surface area contributed by atoms with Gasteiger partial charge in [0.15, 0.2) is 0 Å². The highest BCUT2D eigenvalue weighted by Crippen LogP contribution is 2.56. The molecule has 0 bridgehead atoms. The van der Waals surface area contributed by atoms with Crippen LogP contribution in [0.2, 0.25) is 0 Å². The molecule has 0 unspecified atom stereocenters. The Bertz CT molecular complexity index is 3500. The van der Waals surface area contributed by atoms with Crippen LogP contribution in [0.25, 0.3) is 100 Å². The van der Waals surface area contributed by atoms with Gasteiger partial charge in [-0.05, 0) is 220 Å². The summed E-state index contributed by atoms with van der Waals surface area (Å²) in [6, 6.07) is 65.3. The molecule has 0 atom stereocenters. The van der Waals surface area contributed by atoms with Crippen LogP contribution >= 0.6 is 0 Å². The standard InChI is InChI=1S/C66H48/c1-37-61(45-21-25-57-49(33-45)29-41-13-5-9-17-53(41)57)38(2)65-63(47-23-27-59-51(35-47)31-43-15-7-11-19-55(43)59)40(4)64(48-24-28-60-52(36-48)32-44-16-8-12-20-56(44)60)66(65)39(3)62(37)46-22-26-58-50(34-46)30-42-14-6-10-18-54(42)58/h5-28,33-36H,29-32H2,1-4H3. The molecular formula is C66H48. The van der Waals surface area contributed by atoms with Crippen LogP contribution in [0.15, 0.2) is 170 Å². The van der Waals surface area contributed by atoms with E-state index in [0.29, 0.717) is 0 Å². The smallest absolute Gasteiger partial charge is 0.00132 e. The Morgan fingerprint density at radius 2 is 0.439 bits per heavy atom. The summed E-state index contributed by atoms with van der Waals surface area (Å²) in [6.07, 6.45) is 3.87. The molecule has 0 saturated heterocycles. The highest BCUT2D eigenvalue weighted by Gasteiger charge is 2.33. The molecule has 0 heterocycles. The molecule has 66 heavy (non-hydrogen) atoms. The Labute approximate surface area is 388 Å². The van der Waals surface area contributed by atoms with Crippen LogP contribution in [-0.2, 0) is 25.7 Å². The van der Waals surface area contributed by atoms with Crippen LogP contribution < -0.4 is 0 Å². The highest BCUT2D eigenvalue weighted by molar-refractivity contribution is 6.08. The van der Waals surface area contributed by atoms with Gasteiger partial charge in [0.2, 0.25) is 0 Å². The molecule has 0 spiro atoms. The summed E-state index contributed by atoms with van der Waals surface area (Å²) >= 11 is 0. The van der Waals surface area contributed by atoms with Crippen molar-refractivity contribution in [1.82, 2.24) is 0 Å². The summed E-state index contributed by atoms with van der Waals surface area (Å²) in [7, 11) is 0. The van der Waals surface area contributed by atoms with E-state index in [1.54, 1.807) is 0 Å². The summed E-state index contributed by atoms with van der Waals surface area (Å²) < 4.78 is 0. The van der Waals surface area contributed by atoms with Gasteiger partial charge in [0.1, 0.15) is 0 Å². The summed E-state index contributed by atoms with van der Waals surface area (Å²) in [5.41, 5.74) is 41.1. The van der Waals surface area contributed by atoms with E-state index in [9.17, 15) is 0 Å². The predicted octanol–water partition coefficient (Wildman–Crippen LogP) is 17.0. The average Bonchev–Trinajstić information content (AvgIpc) is 4.15. The van der Waals surface area contributed by atoms with Crippen molar-refractivity contribution >= 4 is 0 Å². The first kappa shape index (κ1) is 37.8. The molecule has 0 fully saturated rings. The third-order valence-electron chi connectivity index (χ3n) is 16.1. The van der Waals surface area contributed by atoms with Gasteiger partial charge in [-0.3, -0.25) is 0 Å². The van der Waals surface area contributed by atoms with E-state index in [0.717, 1.165) is 25.7 Å². The molecule has 14 rings (SSSR count). The lowest BCUT2D eigenvalue weighted by molar-refractivity contribution is 1.26. The second-order valence-electron chi connectivity index (χ2n) is 19.6. The molecule has 0 heteroatoms. The molecule has 8 aromatic carbocycles. The Hall–Kier alpha value is -7.54. The van der Waals surface area contributed by atoms with Gasteiger partial charge in [-0.15, -0.1) is 0 Å². The molecule has 0 nitrogen and oxygen atoms in total. The summed E-state index contributed by atoms with van der Waals surface area (Å²) in [5, 5.41) is 0. The maximum absolute atomic E-state index is 2.53. The minimum absolute atomic E-state index is 0.966. The predicted molar refractivity (Wildman–Crippen MR) is 277 cm³/mol. The monoisotopic (exact) mass is 840 g/mol. The Balaban J connectivity index is 1.07. The second-order valence-corrected chi connectivity index (χ2v) is 19.6. The van der Waals surface area contributed by atoms with E-state index < -0.39 is 0 Å². The van der Waals surface area contributed by atoms with Crippen molar-refractivity contribution in [3.05, 3.63) is 237 Å². The Morgan fingerprint density at radius 3 is 0.742 bits per heavy atom. The van der Waals surface area contributed by atoms with Crippen LogP contribution in [0.1, 0.15) is 66.8 Å². The normalized spacial score (nSPS) is 13.2. The van der Waals surface area contributed by atoms with Gasteiger partial charge in [0, 0.05) is 0 Å². The highest BCUT2D eigenvalue weighted by atomic mass is 14.4. The number of benzene rings is 8. The molecule has 0 N–H and O–H groups in total. The van der Waals surface area contributed by atoms with Gasteiger partial charge in [0.25, 0.3) is 0 Å².